The second kappa shape index (κ2) is 5.49. The van der Waals surface area contributed by atoms with Crippen molar-refractivity contribution < 1.29 is 17.6 Å². The van der Waals surface area contributed by atoms with E-state index in [1.165, 1.54) is 0 Å². The minimum atomic E-state index is -4.42. The fourth-order valence-electron chi connectivity index (χ4n) is 2.77. The Bertz CT molecular complexity index is 442. The van der Waals surface area contributed by atoms with Gasteiger partial charge in [-0.3, -0.25) is 0 Å². The van der Waals surface area contributed by atoms with Gasteiger partial charge in [0, 0.05) is 6.04 Å². The van der Waals surface area contributed by atoms with Gasteiger partial charge in [-0.15, -0.1) is 0 Å². The Kier molecular flexibility index (Phi) is 4.13. The number of hydrogen-bond acceptors (Lipinski definition) is 1. The van der Waals surface area contributed by atoms with Crippen LogP contribution in [0.2, 0.25) is 0 Å². The summed E-state index contributed by atoms with van der Waals surface area (Å²) in [5, 5.41) is 3.12. The maximum Gasteiger partial charge on any atom is 0.416 e. The summed E-state index contributed by atoms with van der Waals surface area (Å²) in [7, 11) is 1.83. The van der Waals surface area contributed by atoms with Crippen molar-refractivity contribution in [2.45, 2.75) is 43.8 Å². The molecule has 1 aromatic carbocycles. The molecule has 1 saturated carbocycles. The zero-order valence-electron chi connectivity index (χ0n) is 10.7. The molecule has 106 valence electrons. The van der Waals surface area contributed by atoms with E-state index >= 15 is 0 Å². The van der Waals surface area contributed by atoms with Crippen LogP contribution in [0.1, 0.15) is 42.7 Å². The number of nitrogens with one attached hydrogen (secondary N) is 1. The lowest BCUT2D eigenvalue weighted by atomic mass is 9.81. The molecule has 5 heteroatoms. The minimum absolute atomic E-state index is 0.131. The Morgan fingerprint density at radius 3 is 2.58 bits per heavy atom. The first-order valence-electron chi connectivity index (χ1n) is 6.45. The summed E-state index contributed by atoms with van der Waals surface area (Å²) in [5.74, 6) is -0.664. The topological polar surface area (TPSA) is 12.0 Å². The van der Waals surface area contributed by atoms with Gasteiger partial charge in [0.15, 0.2) is 0 Å². The third-order valence-corrected chi connectivity index (χ3v) is 3.85. The van der Waals surface area contributed by atoms with Gasteiger partial charge in [0.25, 0.3) is 0 Å². The molecule has 1 aliphatic rings. The molecule has 1 aromatic rings. The van der Waals surface area contributed by atoms with Crippen molar-refractivity contribution in [3.8, 4) is 0 Å². The summed E-state index contributed by atoms with van der Waals surface area (Å²) < 4.78 is 51.8. The largest absolute Gasteiger partial charge is 0.416 e. The van der Waals surface area contributed by atoms with Crippen molar-refractivity contribution in [3.05, 3.63) is 35.1 Å². The number of alkyl halides is 3. The standard InChI is InChI=1S/C14H17F4N/c1-19-11-4-2-3-9(7-11)12-8-10(14(16,17)18)5-6-13(12)15/h5-6,8-9,11,19H,2-4,7H2,1H3. The van der Waals surface area contributed by atoms with Crippen LogP contribution in [0.25, 0.3) is 0 Å². The first kappa shape index (κ1) is 14.3. The van der Waals surface area contributed by atoms with Crippen LogP contribution in [0, 0.1) is 5.82 Å². The molecule has 1 aliphatic carbocycles. The van der Waals surface area contributed by atoms with Crippen LogP contribution in [0.15, 0.2) is 18.2 Å². The normalized spacial score (nSPS) is 24.5. The Morgan fingerprint density at radius 2 is 1.95 bits per heavy atom. The molecule has 2 unspecified atom stereocenters. The van der Waals surface area contributed by atoms with Crippen molar-refractivity contribution in [2.24, 2.45) is 0 Å². The molecule has 0 aliphatic heterocycles. The van der Waals surface area contributed by atoms with Gasteiger partial charge < -0.3 is 5.32 Å². The quantitative estimate of drug-likeness (QED) is 0.802. The van der Waals surface area contributed by atoms with Crippen molar-refractivity contribution >= 4 is 0 Å². The highest BCUT2D eigenvalue weighted by atomic mass is 19.4. The van der Waals surface area contributed by atoms with E-state index in [1.54, 1.807) is 0 Å². The molecule has 0 saturated heterocycles. The molecule has 0 bridgehead atoms. The molecule has 0 aromatic heterocycles. The lowest BCUT2D eigenvalue weighted by Gasteiger charge is -2.29. The second-order valence-electron chi connectivity index (χ2n) is 5.08. The molecule has 2 rings (SSSR count). The summed E-state index contributed by atoms with van der Waals surface area (Å²) >= 11 is 0. The zero-order valence-corrected chi connectivity index (χ0v) is 10.7. The van der Waals surface area contributed by atoms with Crippen LogP contribution in [0.3, 0.4) is 0 Å². The van der Waals surface area contributed by atoms with Gasteiger partial charge in [-0.05, 0) is 56.0 Å². The maximum atomic E-state index is 13.8. The predicted molar refractivity (Wildman–Crippen MR) is 65.5 cm³/mol. The summed E-state index contributed by atoms with van der Waals surface area (Å²) in [6.45, 7) is 0. The molecule has 0 amide bonds. The highest BCUT2D eigenvalue weighted by Gasteiger charge is 2.32. The van der Waals surface area contributed by atoms with Crippen molar-refractivity contribution in [1.29, 1.82) is 0 Å². The van der Waals surface area contributed by atoms with Crippen LogP contribution in [0.4, 0.5) is 17.6 Å². The Labute approximate surface area is 110 Å². The molecule has 1 nitrogen and oxygen atoms in total. The van der Waals surface area contributed by atoms with E-state index in [1.807, 2.05) is 7.05 Å². The summed E-state index contributed by atoms with van der Waals surface area (Å²) in [6, 6.07) is 2.96. The van der Waals surface area contributed by atoms with E-state index in [9.17, 15) is 17.6 Å². The highest BCUT2D eigenvalue weighted by Crippen LogP contribution is 2.37. The van der Waals surface area contributed by atoms with Crippen LogP contribution in [-0.2, 0) is 6.18 Å². The third kappa shape index (κ3) is 3.26. The van der Waals surface area contributed by atoms with E-state index in [4.69, 9.17) is 0 Å². The lowest BCUT2D eigenvalue weighted by molar-refractivity contribution is -0.137. The average molecular weight is 275 g/mol. The van der Waals surface area contributed by atoms with Gasteiger partial charge in [-0.25, -0.2) is 4.39 Å². The molecule has 1 fully saturated rings. The number of benzene rings is 1. The number of hydrogen-bond donors (Lipinski definition) is 1. The Balaban J connectivity index is 2.28. The van der Waals surface area contributed by atoms with E-state index in [0.717, 1.165) is 37.5 Å². The molecule has 2 atom stereocenters. The third-order valence-electron chi connectivity index (χ3n) is 3.85. The van der Waals surface area contributed by atoms with Crippen molar-refractivity contribution in [2.75, 3.05) is 7.05 Å². The number of rotatable bonds is 2. The second-order valence-corrected chi connectivity index (χ2v) is 5.08. The van der Waals surface area contributed by atoms with E-state index < -0.39 is 17.6 Å². The predicted octanol–water partition coefficient (Wildman–Crippen LogP) is 4.09. The van der Waals surface area contributed by atoms with Crippen LogP contribution < -0.4 is 5.32 Å². The minimum Gasteiger partial charge on any atom is -0.317 e. The number of halogens is 4. The van der Waals surface area contributed by atoms with E-state index in [2.05, 4.69) is 5.32 Å². The summed E-state index contributed by atoms with van der Waals surface area (Å²) in [4.78, 5) is 0. The fraction of sp³-hybridized carbons (Fsp3) is 0.571. The van der Waals surface area contributed by atoms with E-state index in [0.29, 0.717) is 6.42 Å². The SMILES string of the molecule is CNC1CCCC(c2cc(C(F)(F)F)ccc2F)C1. The van der Waals surface area contributed by atoms with Crippen LogP contribution in [-0.4, -0.2) is 13.1 Å². The average Bonchev–Trinajstić information content (AvgIpc) is 2.38. The first-order chi connectivity index (χ1) is 8.91. The molecule has 0 heterocycles. The van der Waals surface area contributed by atoms with Crippen molar-refractivity contribution in [3.63, 3.8) is 0 Å². The summed E-state index contributed by atoms with van der Waals surface area (Å²) in [6.07, 6.45) is -1.08. The van der Waals surface area contributed by atoms with Gasteiger partial charge in [0.1, 0.15) is 5.82 Å². The van der Waals surface area contributed by atoms with Gasteiger partial charge in [0.05, 0.1) is 5.56 Å². The van der Waals surface area contributed by atoms with Gasteiger partial charge >= 0.3 is 6.18 Å². The molecule has 1 N–H and O–H groups in total. The lowest BCUT2D eigenvalue weighted by Crippen LogP contribution is -2.30. The first-order valence-corrected chi connectivity index (χ1v) is 6.45. The molecule has 0 spiro atoms. The highest BCUT2D eigenvalue weighted by molar-refractivity contribution is 5.30. The molecular formula is C14H17F4N. The van der Waals surface area contributed by atoms with Crippen LogP contribution in [0.5, 0.6) is 0 Å². The molecule has 19 heavy (non-hydrogen) atoms. The van der Waals surface area contributed by atoms with E-state index in [-0.39, 0.29) is 17.5 Å². The zero-order chi connectivity index (χ0) is 14.0. The van der Waals surface area contributed by atoms with Crippen LogP contribution >= 0.6 is 0 Å². The van der Waals surface area contributed by atoms with Gasteiger partial charge in [-0.2, -0.15) is 13.2 Å². The smallest absolute Gasteiger partial charge is 0.317 e. The fourth-order valence-corrected chi connectivity index (χ4v) is 2.77. The Hall–Kier alpha value is -1.10. The van der Waals surface area contributed by atoms with Gasteiger partial charge in [-0.1, -0.05) is 6.42 Å². The summed E-state index contributed by atoms with van der Waals surface area (Å²) in [5.41, 5.74) is -0.565. The molecular weight excluding hydrogens is 258 g/mol. The van der Waals surface area contributed by atoms with Gasteiger partial charge in [0.2, 0.25) is 0 Å². The molecule has 0 radical (unpaired) electrons. The maximum absolute atomic E-state index is 13.8. The Morgan fingerprint density at radius 1 is 1.21 bits per heavy atom. The monoisotopic (exact) mass is 275 g/mol. The van der Waals surface area contributed by atoms with Crippen molar-refractivity contribution in [1.82, 2.24) is 5.32 Å².